The summed E-state index contributed by atoms with van der Waals surface area (Å²) in [6.45, 7) is 2.45. The molecule has 2 aliphatic rings. The zero-order valence-corrected chi connectivity index (χ0v) is 12.0. The van der Waals surface area contributed by atoms with Crippen LogP contribution in [0, 0.1) is 11.8 Å². The van der Waals surface area contributed by atoms with E-state index >= 15 is 0 Å². The van der Waals surface area contributed by atoms with Gasteiger partial charge in [0.2, 0.25) is 0 Å². The lowest BCUT2D eigenvalue weighted by Gasteiger charge is -2.45. The summed E-state index contributed by atoms with van der Waals surface area (Å²) in [5, 5.41) is 0. The Morgan fingerprint density at radius 3 is 2.75 bits per heavy atom. The van der Waals surface area contributed by atoms with Crippen molar-refractivity contribution in [2.75, 3.05) is 20.3 Å². The number of piperidine rings is 1. The molecule has 0 N–H and O–H groups in total. The molecule has 1 aliphatic heterocycles. The molecule has 1 aliphatic carbocycles. The number of fused-ring (bicyclic) bond motifs is 1. The Bertz CT molecular complexity index is 408. The maximum absolute atomic E-state index is 12.2. The number of amides is 1. The molecular weight excluding hydrogens is 262 g/mol. The number of nitrogens with zero attached hydrogens (tertiary/aromatic N) is 1. The fourth-order valence-electron chi connectivity index (χ4n) is 3.37. The summed E-state index contributed by atoms with van der Waals surface area (Å²) in [4.78, 5) is 37.1. The van der Waals surface area contributed by atoms with Crippen LogP contribution in [0.4, 0.5) is 4.79 Å². The van der Waals surface area contributed by atoms with Crippen LogP contribution in [0.15, 0.2) is 0 Å². The van der Waals surface area contributed by atoms with Gasteiger partial charge in [-0.2, -0.15) is 0 Å². The number of carbonyl (C=O) groups is 3. The summed E-state index contributed by atoms with van der Waals surface area (Å²) >= 11 is 0. The number of Topliss-reactive ketones (excluding diaryl/α,β-unsaturated/α-hetero) is 1. The standard InChI is InChI=1S/C14H21NO5/c1-3-20-13(17)12-11-5-4-10(16)8-9(11)6-7-15(12)14(18)19-2/h9,11-12H,3-8H2,1-2H3. The summed E-state index contributed by atoms with van der Waals surface area (Å²) in [7, 11) is 1.31. The molecule has 0 aromatic heterocycles. The predicted octanol–water partition coefficient (Wildman–Crippen LogP) is 1.38. The van der Waals surface area contributed by atoms with Crippen LogP contribution in [0.3, 0.4) is 0 Å². The minimum atomic E-state index is -0.616. The van der Waals surface area contributed by atoms with Crippen LogP contribution in [-0.4, -0.2) is 49.0 Å². The molecule has 3 unspecified atom stereocenters. The van der Waals surface area contributed by atoms with Crippen molar-refractivity contribution in [1.82, 2.24) is 4.90 Å². The second-order valence-electron chi connectivity index (χ2n) is 5.35. The number of methoxy groups -OCH3 is 1. The molecule has 1 heterocycles. The van der Waals surface area contributed by atoms with Crippen molar-refractivity contribution in [3.63, 3.8) is 0 Å². The molecule has 2 fully saturated rings. The fraction of sp³-hybridized carbons (Fsp3) is 0.786. The van der Waals surface area contributed by atoms with Crippen LogP contribution in [0.25, 0.3) is 0 Å². The minimum absolute atomic E-state index is 0.000370. The number of rotatable bonds is 2. The number of esters is 1. The van der Waals surface area contributed by atoms with Gasteiger partial charge in [-0.05, 0) is 31.6 Å². The Labute approximate surface area is 118 Å². The molecule has 112 valence electrons. The SMILES string of the molecule is CCOC(=O)C1C2CCC(=O)CC2CCN1C(=O)OC. The molecule has 20 heavy (non-hydrogen) atoms. The molecule has 0 radical (unpaired) electrons. The lowest BCUT2D eigenvalue weighted by atomic mass is 9.70. The second-order valence-corrected chi connectivity index (χ2v) is 5.35. The van der Waals surface area contributed by atoms with Gasteiger partial charge in [0.25, 0.3) is 0 Å². The molecule has 1 saturated heterocycles. The van der Waals surface area contributed by atoms with Crippen LogP contribution in [0.5, 0.6) is 0 Å². The smallest absolute Gasteiger partial charge is 0.410 e. The first-order valence-electron chi connectivity index (χ1n) is 7.11. The third-order valence-corrected chi connectivity index (χ3v) is 4.27. The monoisotopic (exact) mass is 283 g/mol. The van der Waals surface area contributed by atoms with Crippen molar-refractivity contribution >= 4 is 17.8 Å². The Hall–Kier alpha value is -1.59. The molecule has 2 rings (SSSR count). The second kappa shape index (κ2) is 6.24. The zero-order chi connectivity index (χ0) is 14.7. The molecule has 6 nitrogen and oxygen atoms in total. The third kappa shape index (κ3) is 2.78. The van der Waals surface area contributed by atoms with Crippen LogP contribution < -0.4 is 0 Å². The number of hydrogen-bond acceptors (Lipinski definition) is 5. The largest absolute Gasteiger partial charge is 0.464 e. The van der Waals surface area contributed by atoms with Gasteiger partial charge in [0.1, 0.15) is 11.8 Å². The van der Waals surface area contributed by atoms with E-state index < -0.39 is 12.1 Å². The van der Waals surface area contributed by atoms with Crippen molar-refractivity contribution in [3.8, 4) is 0 Å². The fourth-order valence-corrected chi connectivity index (χ4v) is 3.37. The molecule has 0 aromatic rings. The first-order chi connectivity index (χ1) is 9.58. The van der Waals surface area contributed by atoms with E-state index in [-0.39, 0.29) is 30.2 Å². The minimum Gasteiger partial charge on any atom is -0.464 e. The van der Waals surface area contributed by atoms with E-state index in [1.165, 1.54) is 12.0 Å². The highest BCUT2D eigenvalue weighted by molar-refractivity contribution is 5.84. The van der Waals surface area contributed by atoms with Crippen molar-refractivity contribution in [1.29, 1.82) is 0 Å². The van der Waals surface area contributed by atoms with Gasteiger partial charge in [-0.1, -0.05) is 0 Å². The van der Waals surface area contributed by atoms with Crippen LogP contribution in [0.1, 0.15) is 32.6 Å². The Morgan fingerprint density at radius 1 is 1.35 bits per heavy atom. The van der Waals surface area contributed by atoms with E-state index in [1.54, 1.807) is 6.92 Å². The van der Waals surface area contributed by atoms with Gasteiger partial charge in [-0.3, -0.25) is 9.69 Å². The summed E-state index contributed by atoms with van der Waals surface area (Å²) in [6, 6.07) is -0.616. The lowest BCUT2D eigenvalue weighted by Crippen LogP contribution is -2.57. The Morgan fingerprint density at radius 2 is 2.10 bits per heavy atom. The van der Waals surface area contributed by atoms with E-state index in [1.807, 2.05) is 0 Å². The molecule has 1 saturated carbocycles. The topological polar surface area (TPSA) is 72.9 Å². The molecule has 0 bridgehead atoms. The number of ether oxygens (including phenoxy) is 2. The molecule has 3 atom stereocenters. The highest BCUT2D eigenvalue weighted by Crippen LogP contribution is 2.39. The molecule has 1 amide bonds. The van der Waals surface area contributed by atoms with Gasteiger partial charge >= 0.3 is 12.1 Å². The first kappa shape index (κ1) is 14.8. The van der Waals surface area contributed by atoms with E-state index in [9.17, 15) is 14.4 Å². The molecule has 6 heteroatoms. The normalized spacial score (nSPS) is 29.6. The highest BCUT2D eigenvalue weighted by atomic mass is 16.6. The number of hydrogen-bond donors (Lipinski definition) is 0. The van der Waals surface area contributed by atoms with Crippen LogP contribution >= 0.6 is 0 Å². The van der Waals surface area contributed by atoms with Crippen molar-refractivity contribution in [3.05, 3.63) is 0 Å². The molecule has 0 spiro atoms. The quantitative estimate of drug-likeness (QED) is 0.716. The van der Waals surface area contributed by atoms with E-state index in [0.717, 1.165) is 6.42 Å². The molecule has 0 aromatic carbocycles. The van der Waals surface area contributed by atoms with E-state index in [2.05, 4.69) is 0 Å². The van der Waals surface area contributed by atoms with Crippen molar-refractivity contribution < 1.29 is 23.9 Å². The van der Waals surface area contributed by atoms with Crippen molar-refractivity contribution in [2.45, 2.75) is 38.6 Å². The van der Waals surface area contributed by atoms with Gasteiger partial charge in [0, 0.05) is 19.4 Å². The lowest BCUT2D eigenvalue weighted by molar-refractivity contribution is -0.156. The predicted molar refractivity (Wildman–Crippen MR) is 70.0 cm³/mol. The number of likely N-dealkylation sites (tertiary alicyclic amines) is 1. The summed E-state index contributed by atoms with van der Waals surface area (Å²) < 4.78 is 9.87. The number of ketones is 1. The van der Waals surface area contributed by atoms with Crippen LogP contribution in [0.2, 0.25) is 0 Å². The van der Waals surface area contributed by atoms with Crippen molar-refractivity contribution in [2.24, 2.45) is 11.8 Å². The summed E-state index contributed by atoms with van der Waals surface area (Å²) in [5.74, 6) is 0.0356. The van der Waals surface area contributed by atoms with Gasteiger partial charge in [0.15, 0.2) is 0 Å². The van der Waals surface area contributed by atoms with E-state index in [4.69, 9.17) is 9.47 Å². The Balaban J connectivity index is 2.22. The zero-order valence-electron chi connectivity index (χ0n) is 12.0. The van der Waals surface area contributed by atoms with Gasteiger partial charge in [-0.25, -0.2) is 9.59 Å². The highest BCUT2D eigenvalue weighted by Gasteiger charge is 2.47. The summed E-state index contributed by atoms with van der Waals surface area (Å²) in [6.07, 6.45) is 1.86. The Kier molecular flexibility index (Phi) is 4.62. The first-order valence-corrected chi connectivity index (χ1v) is 7.11. The van der Waals surface area contributed by atoms with Gasteiger partial charge < -0.3 is 9.47 Å². The van der Waals surface area contributed by atoms with Crippen LogP contribution in [-0.2, 0) is 19.1 Å². The maximum atomic E-state index is 12.2. The average molecular weight is 283 g/mol. The maximum Gasteiger partial charge on any atom is 0.410 e. The van der Waals surface area contributed by atoms with Gasteiger partial charge in [0.05, 0.1) is 13.7 Å². The number of carbonyl (C=O) groups excluding carboxylic acids is 3. The van der Waals surface area contributed by atoms with Gasteiger partial charge in [-0.15, -0.1) is 0 Å². The summed E-state index contributed by atoms with van der Waals surface area (Å²) in [5.41, 5.74) is 0. The average Bonchev–Trinajstić information content (AvgIpc) is 2.45. The van der Waals surface area contributed by atoms with E-state index in [0.29, 0.717) is 25.8 Å². The third-order valence-electron chi connectivity index (χ3n) is 4.27. The molecular formula is C14H21NO5.